The lowest BCUT2D eigenvalue weighted by molar-refractivity contribution is 0.185. The summed E-state index contributed by atoms with van der Waals surface area (Å²) in [6, 6.07) is 0.230. The van der Waals surface area contributed by atoms with Gasteiger partial charge in [-0.15, -0.1) is 0 Å². The molecule has 2 rings (SSSR count). The number of rotatable bonds is 3. The van der Waals surface area contributed by atoms with Crippen LogP contribution in [-0.2, 0) is 0 Å². The number of carbonyl (C=O) groups excluding carboxylic acids is 1. The summed E-state index contributed by atoms with van der Waals surface area (Å²) in [6.07, 6.45) is 4.65. The molecule has 14 heavy (non-hydrogen) atoms. The summed E-state index contributed by atoms with van der Waals surface area (Å²) in [5.74, 6) is 0.657. The third-order valence-electron chi connectivity index (χ3n) is 3.18. The number of nitrogens with one attached hydrogen (secondary N) is 1. The maximum absolute atomic E-state index is 11.2. The summed E-state index contributed by atoms with van der Waals surface area (Å²) in [7, 11) is 0. The molecule has 2 aliphatic rings. The van der Waals surface area contributed by atoms with E-state index in [0.29, 0.717) is 12.0 Å². The maximum Gasteiger partial charge on any atom is 0.315 e. The highest BCUT2D eigenvalue weighted by molar-refractivity contribution is 5.72. The van der Waals surface area contributed by atoms with Crippen molar-refractivity contribution in [3.05, 3.63) is 0 Å². The van der Waals surface area contributed by atoms with Crippen LogP contribution in [0.5, 0.6) is 0 Å². The molecule has 0 spiro atoms. The molecule has 0 aromatic heterocycles. The zero-order valence-electron chi connectivity index (χ0n) is 8.54. The number of carbonyl (C=O) groups is 1. The highest BCUT2D eigenvalue weighted by Crippen LogP contribution is 2.28. The second-order valence-corrected chi connectivity index (χ2v) is 4.42. The molecule has 80 valence electrons. The number of hydrogen-bond acceptors (Lipinski definition) is 2. The predicted octanol–water partition coefficient (Wildman–Crippen LogP) is 0.529. The average molecular weight is 197 g/mol. The zero-order valence-corrected chi connectivity index (χ0v) is 8.54. The fourth-order valence-electron chi connectivity index (χ4n) is 2.15. The predicted molar refractivity (Wildman–Crippen MR) is 54.9 cm³/mol. The molecule has 2 amide bonds. The van der Waals surface area contributed by atoms with Crippen LogP contribution < -0.4 is 11.1 Å². The van der Waals surface area contributed by atoms with Crippen molar-refractivity contribution in [1.29, 1.82) is 0 Å². The Hall–Kier alpha value is -0.770. The summed E-state index contributed by atoms with van der Waals surface area (Å²) in [5, 5.41) is 3.33. The van der Waals surface area contributed by atoms with E-state index in [1.165, 1.54) is 12.8 Å². The smallest absolute Gasteiger partial charge is 0.315 e. The Balaban J connectivity index is 1.82. The molecule has 0 atom stereocenters. The minimum atomic E-state index is -0.231. The van der Waals surface area contributed by atoms with E-state index < -0.39 is 0 Å². The quantitative estimate of drug-likeness (QED) is 0.693. The zero-order chi connectivity index (χ0) is 9.97. The lowest BCUT2D eigenvalue weighted by Gasteiger charge is -2.29. The standard InChI is InChI=1S/C10H19N3O/c11-10(14)13(9-1-2-9)7-8-3-5-12-6-4-8/h8-9,12H,1-7H2,(H2,11,14). The van der Waals surface area contributed by atoms with E-state index in [2.05, 4.69) is 5.32 Å². The first kappa shape index (κ1) is 9.77. The Bertz CT molecular complexity index is 209. The molecule has 4 nitrogen and oxygen atoms in total. The van der Waals surface area contributed by atoms with Gasteiger partial charge in [-0.3, -0.25) is 0 Å². The molecule has 0 bridgehead atoms. The Morgan fingerprint density at radius 2 is 1.93 bits per heavy atom. The van der Waals surface area contributed by atoms with E-state index in [-0.39, 0.29) is 6.03 Å². The van der Waals surface area contributed by atoms with Crippen molar-refractivity contribution < 1.29 is 4.79 Å². The van der Waals surface area contributed by atoms with Crippen LogP contribution in [0.3, 0.4) is 0 Å². The number of nitrogens with two attached hydrogens (primary N) is 1. The van der Waals surface area contributed by atoms with Crippen molar-refractivity contribution in [3.8, 4) is 0 Å². The first-order chi connectivity index (χ1) is 6.77. The van der Waals surface area contributed by atoms with Crippen LogP contribution in [0.2, 0.25) is 0 Å². The minimum Gasteiger partial charge on any atom is -0.351 e. The normalized spacial score (nSPS) is 23.4. The largest absolute Gasteiger partial charge is 0.351 e. The van der Waals surface area contributed by atoms with Gasteiger partial charge in [-0.05, 0) is 44.7 Å². The molecule has 1 saturated carbocycles. The number of primary amides is 1. The van der Waals surface area contributed by atoms with Gasteiger partial charge in [0, 0.05) is 12.6 Å². The molecule has 0 aromatic carbocycles. The van der Waals surface area contributed by atoms with Gasteiger partial charge in [0.2, 0.25) is 0 Å². The number of nitrogens with zero attached hydrogens (tertiary/aromatic N) is 1. The molecule has 1 saturated heterocycles. The van der Waals surface area contributed by atoms with E-state index in [4.69, 9.17) is 5.73 Å². The molecule has 3 N–H and O–H groups in total. The highest BCUT2D eigenvalue weighted by Gasteiger charge is 2.32. The molecule has 2 fully saturated rings. The van der Waals surface area contributed by atoms with Crippen molar-refractivity contribution >= 4 is 6.03 Å². The minimum absolute atomic E-state index is 0.231. The van der Waals surface area contributed by atoms with Gasteiger partial charge < -0.3 is 16.0 Å². The molecular formula is C10H19N3O. The van der Waals surface area contributed by atoms with Gasteiger partial charge in [-0.1, -0.05) is 0 Å². The average Bonchev–Trinajstić information content (AvgIpc) is 2.99. The summed E-state index contributed by atoms with van der Waals surface area (Å²) in [6.45, 7) is 3.05. The van der Waals surface area contributed by atoms with E-state index in [9.17, 15) is 4.79 Å². The van der Waals surface area contributed by atoms with Gasteiger partial charge >= 0.3 is 6.03 Å². The molecule has 1 aliphatic heterocycles. The second-order valence-electron chi connectivity index (χ2n) is 4.42. The van der Waals surface area contributed by atoms with Crippen LogP contribution in [-0.4, -0.2) is 36.6 Å². The van der Waals surface area contributed by atoms with Gasteiger partial charge in [0.25, 0.3) is 0 Å². The van der Waals surface area contributed by atoms with Crippen molar-refractivity contribution in [3.63, 3.8) is 0 Å². The number of hydrogen-bond donors (Lipinski definition) is 2. The third kappa shape index (κ3) is 2.38. The van der Waals surface area contributed by atoms with Crippen LogP contribution in [0.4, 0.5) is 4.79 Å². The van der Waals surface area contributed by atoms with E-state index in [1.807, 2.05) is 4.90 Å². The first-order valence-electron chi connectivity index (χ1n) is 5.54. The van der Waals surface area contributed by atoms with Gasteiger partial charge in [0.05, 0.1) is 0 Å². The van der Waals surface area contributed by atoms with Crippen molar-refractivity contribution in [2.24, 2.45) is 11.7 Å². The fourth-order valence-corrected chi connectivity index (χ4v) is 2.15. The Labute approximate surface area is 84.8 Å². The molecular weight excluding hydrogens is 178 g/mol. The highest BCUT2D eigenvalue weighted by atomic mass is 16.2. The lowest BCUT2D eigenvalue weighted by atomic mass is 9.97. The summed E-state index contributed by atoms with van der Waals surface area (Å²) in [5.41, 5.74) is 5.37. The lowest BCUT2D eigenvalue weighted by Crippen LogP contribution is -2.43. The van der Waals surface area contributed by atoms with Crippen LogP contribution in [0.25, 0.3) is 0 Å². The Morgan fingerprint density at radius 1 is 1.29 bits per heavy atom. The molecule has 0 radical (unpaired) electrons. The summed E-state index contributed by atoms with van der Waals surface area (Å²) < 4.78 is 0. The van der Waals surface area contributed by atoms with Crippen molar-refractivity contribution in [1.82, 2.24) is 10.2 Å². The first-order valence-corrected chi connectivity index (χ1v) is 5.54. The maximum atomic E-state index is 11.2. The van der Waals surface area contributed by atoms with E-state index in [0.717, 1.165) is 32.5 Å². The monoisotopic (exact) mass is 197 g/mol. The Morgan fingerprint density at radius 3 is 2.43 bits per heavy atom. The SMILES string of the molecule is NC(=O)N(CC1CCNCC1)C1CC1. The summed E-state index contributed by atoms with van der Waals surface area (Å²) in [4.78, 5) is 13.1. The van der Waals surface area contributed by atoms with Gasteiger partial charge in [0.15, 0.2) is 0 Å². The second kappa shape index (κ2) is 4.17. The summed E-state index contributed by atoms with van der Waals surface area (Å²) >= 11 is 0. The van der Waals surface area contributed by atoms with Gasteiger partial charge in [0.1, 0.15) is 0 Å². The van der Waals surface area contributed by atoms with Crippen LogP contribution >= 0.6 is 0 Å². The van der Waals surface area contributed by atoms with E-state index in [1.54, 1.807) is 0 Å². The topological polar surface area (TPSA) is 58.4 Å². The molecule has 0 unspecified atom stereocenters. The number of urea groups is 1. The molecule has 1 aliphatic carbocycles. The van der Waals surface area contributed by atoms with Gasteiger partial charge in [-0.25, -0.2) is 4.79 Å². The fraction of sp³-hybridized carbons (Fsp3) is 0.900. The Kier molecular flexibility index (Phi) is 2.91. The molecule has 1 heterocycles. The van der Waals surface area contributed by atoms with Crippen LogP contribution in [0.1, 0.15) is 25.7 Å². The molecule has 4 heteroatoms. The number of amides is 2. The third-order valence-corrected chi connectivity index (χ3v) is 3.18. The van der Waals surface area contributed by atoms with Crippen molar-refractivity contribution in [2.45, 2.75) is 31.7 Å². The van der Waals surface area contributed by atoms with Crippen LogP contribution in [0, 0.1) is 5.92 Å². The van der Waals surface area contributed by atoms with Crippen molar-refractivity contribution in [2.75, 3.05) is 19.6 Å². The van der Waals surface area contributed by atoms with Gasteiger partial charge in [-0.2, -0.15) is 0 Å². The van der Waals surface area contributed by atoms with E-state index >= 15 is 0 Å². The van der Waals surface area contributed by atoms with Crippen LogP contribution in [0.15, 0.2) is 0 Å². The number of piperidine rings is 1. The molecule has 0 aromatic rings.